The van der Waals surface area contributed by atoms with Gasteiger partial charge in [0.2, 0.25) is 0 Å². The molecule has 38 heavy (non-hydrogen) atoms. The molecule has 0 saturated carbocycles. The van der Waals surface area contributed by atoms with Crippen LogP contribution in [-0.2, 0) is 19.2 Å². The van der Waals surface area contributed by atoms with E-state index in [0.29, 0.717) is 11.1 Å². The predicted octanol–water partition coefficient (Wildman–Crippen LogP) is 6.95. The Kier molecular flexibility index (Phi) is 15.7. The van der Waals surface area contributed by atoms with Crippen molar-refractivity contribution in [3.05, 3.63) is 53.6 Å². The van der Waals surface area contributed by atoms with Gasteiger partial charge in [-0.2, -0.15) is 0 Å². The normalized spacial score (nSPS) is 14.6. The average Bonchev–Trinajstić information content (AvgIpc) is 3.43. The van der Waals surface area contributed by atoms with E-state index in [1.807, 2.05) is 18.2 Å². The fraction of sp³-hybridized carbons (Fsp3) is 0.562. The van der Waals surface area contributed by atoms with Crippen LogP contribution in [0, 0.1) is 0 Å². The number of amides is 4. The minimum atomic E-state index is -0.344. The molecule has 3 rings (SSSR count). The van der Waals surface area contributed by atoms with Crippen LogP contribution in [0.15, 0.2) is 48.1 Å². The summed E-state index contributed by atoms with van der Waals surface area (Å²) in [5.41, 5.74) is 1.87. The summed E-state index contributed by atoms with van der Waals surface area (Å²) >= 11 is 0. The zero-order chi connectivity index (χ0) is 27.4. The summed E-state index contributed by atoms with van der Waals surface area (Å²) in [5, 5.41) is 4.50. The van der Waals surface area contributed by atoms with Gasteiger partial charge in [0.05, 0.1) is 5.57 Å². The monoisotopic (exact) mass is 522 g/mol. The molecule has 4 amide bonds. The highest BCUT2D eigenvalue weighted by molar-refractivity contribution is 6.33. The first-order chi connectivity index (χ1) is 18.5. The van der Waals surface area contributed by atoms with Gasteiger partial charge < -0.3 is 0 Å². The number of imide groups is 2. The summed E-state index contributed by atoms with van der Waals surface area (Å²) in [6.45, 7) is 2.28. The van der Waals surface area contributed by atoms with Gasteiger partial charge in [0.1, 0.15) is 0 Å². The third kappa shape index (κ3) is 13.0. The van der Waals surface area contributed by atoms with Gasteiger partial charge in [0, 0.05) is 17.7 Å². The van der Waals surface area contributed by atoms with Gasteiger partial charge in [-0.3, -0.25) is 29.8 Å². The van der Waals surface area contributed by atoms with Crippen molar-refractivity contribution < 1.29 is 19.2 Å². The Hall–Kier alpha value is -3.02. The molecule has 0 unspecified atom stereocenters. The van der Waals surface area contributed by atoms with Crippen molar-refractivity contribution in [2.75, 3.05) is 0 Å². The Labute approximate surface area is 228 Å². The topological polar surface area (TPSA) is 92.3 Å². The third-order valence-corrected chi connectivity index (χ3v) is 6.97. The Balaban J connectivity index is 0.000000323. The van der Waals surface area contributed by atoms with E-state index < -0.39 is 0 Å². The van der Waals surface area contributed by atoms with Crippen molar-refractivity contribution in [2.24, 2.45) is 0 Å². The highest BCUT2D eigenvalue weighted by Crippen LogP contribution is 2.18. The third-order valence-electron chi connectivity index (χ3n) is 6.97. The molecule has 0 saturated heterocycles. The van der Waals surface area contributed by atoms with Crippen LogP contribution in [0.1, 0.15) is 122 Å². The standard InChI is InChI=1S/C22H39NO2.C10H7NO2/c1-2-3-4-5-6-7-8-9-10-11-12-13-14-15-16-17-18-20-19-21(24)23-22(20)25;12-9-6-8(10(13)11-9)7-4-2-1-3-5-7/h19H,2-18H2,1H3,(H,23,24,25);1-6H,(H,11,12,13). The number of nitrogens with one attached hydrogen (secondary N) is 2. The molecule has 2 aliphatic rings. The van der Waals surface area contributed by atoms with Gasteiger partial charge in [-0.15, -0.1) is 0 Å². The largest absolute Gasteiger partial charge is 0.289 e. The molecular formula is C32H46N2O4. The molecule has 6 heteroatoms. The SMILES string of the molecule is CCCCCCCCCCCCCCCCCCC1=CC(=O)NC1=O.O=C1C=C(c2ccccc2)C(=O)N1. The maximum atomic E-state index is 11.4. The number of carbonyl (C=O) groups excluding carboxylic acids is 4. The first kappa shape index (κ1) is 31.2. The molecule has 6 nitrogen and oxygen atoms in total. The fourth-order valence-corrected chi connectivity index (χ4v) is 4.75. The van der Waals surface area contributed by atoms with Crippen molar-refractivity contribution in [1.82, 2.24) is 10.6 Å². The van der Waals surface area contributed by atoms with E-state index in [4.69, 9.17) is 0 Å². The summed E-state index contributed by atoms with van der Waals surface area (Å²) in [5.74, 6) is -1.11. The van der Waals surface area contributed by atoms with E-state index in [1.54, 1.807) is 12.1 Å². The molecule has 2 aliphatic heterocycles. The Bertz CT molecular complexity index is 949. The summed E-state index contributed by atoms with van der Waals surface area (Å²) in [6.07, 6.45) is 25.1. The summed E-state index contributed by atoms with van der Waals surface area (Å²) in [7, 11) is 0. The minimum absolute atomic E-state index is 0.189. The molecular weight excluding hydrogens is 476 g/mol. The van der Waals surface area contributed by atoms with Crippen LogP contribution in [0.25, 0.3) is 5.57 Å². The van der Waals surface area contributed by atoms with Crippen molar-refractivity contribution in [1.29, 1.82) is 0 Å². The average molecular weight is 523 g/mol. The van der Waals surface area contributed by atoms with E-state index in [2.05, 4.69) is 17.6 Å². The number of hydrogen-bond acceptors (Lipinski definition) is 4. The molecule has 208 valence electrons. The highest BCUT2D eigenvalue weighted by atomic mass is 16.2. The van der Waals surface area contributed by atoms with E-state index in [-0.39, 0.29) is 23.6 Å². The number of carbonyl (C=O) groups is 4. The highest BCUT2D eigenvalue weighted by Gasteiger charge is 2.21. The minimum Gasteiger partial charge on any atom is -0.289 e. The van der Waals surface area contributed by atoms with Gasteiger partial charge in [0.25, 0.3) is 23.6 Å². The lowest BCUT2D eigenvalue weighted by Gasteiger charge is -2.04. The Morgan fingerprint density at radius 3 is 1.39 bits per heavy atom. The van der Waals surface area contributed by atoms with Crippen LogP contribution in [0.5, 0.6) is 0 Å². The first-order valence-corrected chi connectivity index (χ1v) is 14.7. The zero-order valence-corrected chi connectivity index (χ0v) is 23.2. The molecule has 1 aromatic rings. The Morgan fingerprint density at radius 2 is 0.974 bits per heavy atom. The number of rotatable bonds is 18. The van der Waals surface area contributed by atoms with E-state index in [1.165, 1.54) is 102 Å². The fourth-order valence-electron chi connectivity index (χ4n) is 4.75. The van der Waals surface area contributed by atoms with Crippen molar-refractivity contribution in [3.8, 4) is 0 Å². The quantitative estimate of drug-likeness (QED) is 0.161. The van der Waals surface area contributed by atoms with Gasteiger partial charge in [-0.25, -0.2) is 0 Å². The van der Waals surface area contributed by atoms with Gasteiger partial charge in [-0.1, -0.05) is 134 Å². The first-order valence-electron chi connectivity index (χ1n) is 14.7. The second-order valence-electron chi connectivity index (χ2n) is 10.3. The molecule has 0 fully saturated rings. The maximum Gasteiger partial charge on any atom is 0.258 e. The van der Waals surface area contributed by atoms with Crippen LogP contribution in [0.2, 0.25) is 0 Å². The number of unbranched alkanes of at least 4 members (excludes halogenated alkanes) is 15. The molecule has 0 spiro atoms. The summed E-state index contributed by atoms with van der Waals surface area (Å²) in [6, 6.07) is 9.10. The van der Waals surface area contributed by atoms with Crippen LogP contribution in [-0.4, -0.2) is 23.6 Å². The molecule has 0 bridgehead atoms. The summed E-state index contributed by atoms with van der Waals surface area (Å²) in [4.78, 5) is 44.4. The Morgan fingerprint density at radius 1 is 0.526 bits per heavy atom. The molecule has 2 heterocycles. The van der Waals surface area contributed by atoms with Gasteiger partial charge in [-0.05, 0) is 18.4 Å². The van der Waals surface area contributed by atoms with E-state index >= 15 is 0 Å². The van der Waals surface area contributed by atoms with Crippen LogP contribution in [0.3, 0.4) is 0 Å². The molecule has 0 aromatic heterocycles. The number of hydrogen-bond donors (Lipinski definition) is 2. The zero-order valence-electron chi connectivity index (χ0n) is 23.2. The van der Waals surface area contributed by atoms with E-state index in [9.17, 15) is 19.2 Å². The lowest BCUT2D eigenvalue weighted by molar-refractivity contribution is -0.125. The predicted molar refractivity (Wildman–Crippen MR) is 153 cm³/mol. The van der Waals surface area contributed by atoms with Gasteiger partial charge >= 0.3 is 0 Å². The lowest BCUT2D eigenvalue weighted by atomic mass is 10.0. The van der Waals surface area contributed by atoms with Crippen molar-refractivity contribution >= 4 is 29.2 Å². The van der Waals surface area contributed by atoms with Crippen LogP contribution >= 0.6 is 0 Å². The molecule has 2 N–H and O–H groups in total. The molecule has 0 atom stereocenters. The smallest absolute Gasteiger partial charge is 0.258 e. The van der Waals surface area contributed by atoms with Crippen molar-refractivity contribution in [3.63, 3.8) is 0 Å². The second kappa shape index (κ2) is 19.1. The lowest BCUT2D eigenvalue weighted by Crippen LogP contribution is -2.22. The van der Waals surface area contributed by atoms with E-state index in [0.717, 1.165) is 24.8 Å². The summed E-state index contributed by atoms with van der Waals surface area (Å²) < 4.78 is 0. The van der Waals surface area contributed by atoms with Crippen LogP contribution < -0.4 is 10.6 Å². The van der Waals surface area contributed by atoms with Crippen molar-refractivity contribution in [2.45, 2.75) is 116 Å². The van der Waals surface area contributed by atoms with Gasteiger partial charge in [0.15, 0.2) is 0 Å². The molecule has 0 aliphatic carbocycles. The maximum absolute atomic E-state index is 11.4. The molecule has 0 radical (unpaired) electrons. The second-order valence-corrected chi connectivity index (χ2v) is 10.3. The number of benzene rings is 1. The van der Waals surface area contributed by atoms with Crippen LogP contribution in [0.4, 0.5) is 0 Å². The molecule has 1 aromatic carbocycles.